The zero-order chi connectivity index (χ0) is 13.9. The van der Waals surface area contributed by atoms with Crippen LogP contribution >= 0.6 is 15.9 Å². The SMILES string of the molecule is CN(Cc1cccc(Br)c1)Cc1noc2ccccc12. The number of aromatic nitrogens is 1. The molecule has 0 aliphatic heterocycles. The quantitative estimate of drug-likeness (QED) is 0.717. The summed E-state index contributed by atoms with van der Waals surface area (Å²) in [6.45, 7) is 1.64. The number of para-hydroxylation sites is 1. The first-order valence-corrected chi connectivity index (χ1v) is 7.28. The van der Waals surface area contributed by atoms with Crippen LogP contribution in [0.2, 0.25) is 0 Å². The summed E-state index contributed by atoms with van der Waals surface area (Å²) in [6.07, 6.45) is 0. The van der Waals surface area contributed by atoms with Crippen LogP contribution in [0.15, 0.2) is 57.5 Å². The van der Waals surface area contributed by atoms with Crippen LogP contribution in [-0.4, -0.2) is 17.1 Å². The second-order valence-corrected chi connectivity index (χ2v) is 5.84. The first-order chi connectivity index (χ1) is 9.72. The molecule has 0 spiro atoms. The molecule has 0 saturated carbocycles. The molecule has 2 aromatic carbocycles. The van der Waals surface area contributed by atoms with Crippen LogP contribution in [-0.2, 0) is 13.1 Å². The molecule has 102 valence electrons. The maximum Gasteiger partial charge on any atom is 0.167 e. The molecule has 3 aromatic rings. The summed E-state index contributed by atoms with van der Waals surface area (Å²) in [5.41, 5.74) is 3.10. The fourth-order valence-electron chi connectivity index (χ4n) is 2.31. The van der Waals surface area contributed by atoms with E-state index in [2.05, 4.69) is 51.2 Å². The summed E-state index contributed by atoms with van der Waals surface area (Å²) in [5, 5.41) is 5.26. The van der Waals surface area contributed by atoms with Gasteiger partial charge in [-0.15, -0.1) is 0 Å². The number of fused-ring (bicyclic) bond motifs is 1. The maximum atomic E-state index is 5.34. The van der Waals surface area contributed by atoms with Gasteiger partial charge in [-0.25, -0.2) is 0 Å². The Morgan fingerprint density at radius 1 is 1.10 bits per heavy atom. The van der Waals surface area contributed by atoms with E-state index in [0.29, 0.717) is 0 Å². The fraction of sp³-hybridized carbons (Fsp3) is 0.188. The van der Waals surface area contributed by atoms with Gasteiger partial charge in [0.15, 0.2) is 5.58 Å². The largest absolute Gasteiger partial charge is 0.356 e. The predicted molar refractivity (Wildman–Crippen MR) is 83.3 cm³/mol. The molecule has 0 N–H and O–H groups in total. The summed E-state index contributed by atoms with van der Waals surface area (Å²) < 4.78 is 6.44. The van der Waals surface area contributed by atoms with Crippen LogP contribution in [0.25, 0.3) is 11.0 Å². The number of rotatable bonds is 4. The highest BCUT2D eigenvalue weighted by Crippen LogP contribution is 2.20. The van der Waals surface area contributed by atoms with Gasteiger partial charge in [0.2, 0.25) is 0 Å². The van der Waals surface area contributed by atoms with Gasteiger partial charge in [-0.3, -0.25) is 4.90 Å². The molecular weight excluding hydrogens is 316 g/mol. The standard InChI is InChI=1S/C16H15BrN2O/c1-19(10-12-5-4-6-13(17)9-12)11-15-14-7-2-3-8-16(14)20-18-15/h2-9H,10-11H2,1H3. The molecule has 0 aliphatic rings. The molecule has 0 amide bonds. The molecule has 0 saturated heterocycles. The molecule has 0 atom stereocenters. The molecule has 0 unspecified atom stereocenters. The zero-order valence-electron chi connectivity index (χ0n) is 11.2. The van der Waals surface area contributed by atoms with Gasteiger partial charge in [0, 0.05) is 22.9 Å². The minimum Gasteiger partial charge on any atom is -0.356 e. The van der Waals surface area contributed by atoms with Gasteiger partial charge in [-0.05, 0) is 36.9 Å². The van der Waals surface area contributed by atoms with Crippen LogP contribution in [0.5, 0.6) is 0 Å². The van der Waals surface area contributed by atoms with Crippen LogP contribution < -0.4 is 0 Å². The Morgan fingerprint density at radius 3 is 2.80 bits per heavy atom. The molecule has 0 radical (unpaired) electrons. The highest BCUT2D eigenvalue weighted by atomic mass is 79.9. The number of hydrogen-bond donors (Lipinski definition) is 0. The van der Waals surface area contributed by atoms with Crippen molar-refractivity contribution in [3.63, 3.8) is 0 Å². The second kappa shape index (κ2) is 5.77. The van der Waals surface area contributed by atoms with Gasteiger partial charge in [-0.2, -0.15) is 0 Å². The maximum absolute atomic E-state index is 5.34. The number of hydrogen-bond acceptors (Lipinski definition) is 3. The lowest BCUT2D eigenvalue weighted by Gasteiger charge is -2.15. The molecule has 4 heteroatoms. The Bertz CT molecular complexity index is 723. The molecule has 3 nitrogen and oxygen atoms in total. The number of halogens is 1. The first-order valence-electron chi connectivity index (χ1n) is 6.48. The molecule has 0 aliphatic carbocycles. The van der Waals surface area contributed by atoms with Crippen molar-refractivity contribution in [2.45, 2.75) is 13.1 Å². The summed E-state index contributed by atoms with van der Waals surface area (Å²) in [6, 6.07) is 16.3. The zero-order valence-corrected chi connectivity index (χ0v) is 12.8. The van der Waals surface area contributed by atoms with Gasteiger partial charge >= 0.3 is 0 Å². The van der Waals surface area contributed by atoms with Crippen molar-refractivity contribution in [1.82, 2.24) is 10.1 Å². The molecule has 0 fully saturated rings. The van der Waals surface area contributed by atoms with E-state index in [1.54, 1.807) is 0 Å². The Hall–Kier alpha value is -1.65. The highest BCUT2D eigenvalue weighted by Gasteiger charge is 2.10. The van der Waals surface area contributed by atoms with Crippen molar-refractivity contribution in [2.75, 3.05) is 7.05 Å². The molecule has 1 heterocycles. The third-order valence-electron chi connectivity index (χ3n) is 3.21. The summed E-state index contributed by atoms with van der Waals surface area (Å²) >= 11 is 3.50. The smallest absolute Gasteiger partial charge is 0.167 e. The van der Waals surface area contributed by atoms with Crippen LogP contribution in [0.3, 0.4) is 0 Å². The van der Waals surface area contributed by atoms with Crippen LogP contribution in [0, 0.1) is 0 Å². The van der Waals surface area contributed by atoms with Gasteiger partial charge < -0.3 is 4.52 Å². The highest BCUT2D eigenvalue weighted by molar-refractivity contribution is 9.10. The van der Waals surface area contributed by atoms with E-state index in [-0.39, 0.29) is 0 Å². The lowest BCUT2D eigenvalue weighted by atomic mass is 10.2. The first kappa shape index (κ1) is 13.3. The third kappa shape index (κ3) is 2.92. The molecule has 0 bridgehead atoms. The van der Waals surface area contributed by atoms with Crippen molar-refractivity contribution >= 4 is 26.9 Å². The Labute approximate surface area is 126 Å². The molecule has 3 rings (SSSR count). The van der Waals surface area contributed by atoms with Crippen molar-refractivity contribution in [1.29, 1.82) is 0 Å². The normalized spacial score (nSPS) is 11.3. The van der Waals surface area contributed by atoms with Crippen LogP contribution in [0.4, 0.5) is 0 Å². The summed E-state index contributed by atoms with van der Waals surface area (Å²) in [7, 11) is 2.09. The van der Waals surface area contributed by atoms with E-state index in [9.17, 15) is 0 Å². The van der Waals surface area contributed by atoms with Gasteiger partial charge in [0.05, 0.1) is 0 Å². The van der Waals surface area contributed by atoms with E-state index >= 15 is 0 Å². The number of nitrogens with zero attached hydrogens (tertiary/aromatic N) is 2. The minimum absolute atomic E-state index is 0.767. The Kier molecular flexibility index (Phi) is 3.85. The van der Waals surface area contributed by atoms with Gasteiger partial charge in [-0.1, -0.05) is 45.4 Å². The lowest BCUT2D eigenvalue weighted by Crippen LogP contribution is -2.17. The van der Waals surface area contributed by atoms with E-state index in [4.69, 9.17) is 4.52 Å². The van der Waals surface area contributed by atoms with Crippen molar-refractivity contribution in [3.8, 4) is 0 Å². The topological polar surface area (TPSA) is 29.3 Å². The van der Waals surface area contributed by atoms with Crippen molar-refractivity contribution < 1.29 is 4.52 Å². The van der Waals surface area contributed by atoms with Crippen LogP contribution in [0.1, 0.15) is 11.3 Å². The second-order valence-electron chi connectivity index (χ2n) is 4.93. The van der Waals surface area contributed by atoms with Gasteiger partial charge in [0.25, 0.3) is 0 Å². The minimum atomic E-state index is 0.767. The Balaban J connectivity index is 1.74. The molecular formula is C16H15BrN2O. The van der Waals surface area contributed by atoms with E-state index < -0.39 is 0 Å². The van der Waals surface area contributed by atoms with Gasteiger partial charge in [0.1, 0.15) is 5.69 Å². The Morgan fingerprint density at radius 2 is 1.95 bits per heavy atom. The van der Waals surface area contributed by atoms with E-state index in [1.807, 2.05) is 30.3 Å². The van der Waals surface area contributed by atoms with E-state index in [1.165, 1.54) is 5.56 Å². The third-order valence-corrected chi connectivity index (χ3v) is 3.71. The van der Waals surface area contributed by atoms with Crippen molar-refractivity contribution in [3.05, 3.63) is 64.3 Å². The average molecular weight is 331 g/mol. The monoisotopic (exact) mass is 330 g/mol. The predicted octanol–water partition coefficient (Wildman–Crippen LogP) is 4.22. The van der Waals surface area contributed by atoms with E-state index in [0.717, 1.165) is 34.2 Å². The average Bonchev–Trinajstić information content (AvgIpc) is 2.82. The fourth-order valence-corrected chi connectivity index (χ4v) is 2.76. The number of benzene rings is 2. The van der Waals surface area contributed by atoms with Crippen molar-refractivity contribution in [2.24, 2.45) is 0 Å². The molecule has 1 aromatic heterocycles. The summed E-state index contributed by atoms with van der Waals surface area (Å²) in [4.78, 5) is 2.23. The molecule has 20 heavy (non-hydrogen) atoms. The summed E-state index contributed by atoms with van der Waals surface area (Å²) in [5.74, 6) is 0. The lowest BCUT2D eigenvalue weighted by molar-refractivity contribution is 0.306.